The second-order valence-corrected chi connectivity index (χ2v) is 7.86. The molecule has 138 valence electrons. The monoisotopic (exact) mass is 347 g/mol. The summed E-state index contributed by atoms with van der Waals surface area (Å²) in [6.07, 6.45) is 0.873. The Morgan fingerprint density at radius 3 is 2.84 bits per heavy atom. The highest BCUT2D eigenvalue weighted by Gasteiger charge is 2.46. The van der Waals surface area contributed by atoms with Gasteiger partial charge < -0.3 is 19.9 Å². The summed E-state index contributed by atoms with van der Waals surface area (Å²) in [5.41, 5.74) is 2.90. The minimum Gasteiger partial charge on any atom is -0.376 e. The van der Waals surface area contributed by atoms with Gasteiger partial charge in [-0.1, -0.05) is 13.8 Å². The van der Waals surface area contributed by atoms with Crippen molar-refractivity contribution in [2.24, 2.45) is 5.92 Å². The SMILES string of the molecule is Cc1nc(N(C)C)nc2c1COC[C@]21CCN(C(=O)NCC(C)C)C1. The first-order valence-electron chi connectivity index (χ1n) is 8.98. The van der Waals surface area contributed by atoms with E-state index < -0.39 is 0 Å². The number of hydrogen-bond acceptors (Lipinski definition) is 5. The van der Waals surface area contributed by atoms with E-state index in [1.54, 1.807) is 0 Å². The first-order valence-corrected chi connectivity index (χ1v) is 8.98. The lowest BCUT2D eigenvalue weighted by Gasteiger charge is -2.35. The van der Waals surface area contributed by atoms with E-state index in [0.717, 1.165) is 35.9 Å². The zero-order valence-electron chi connectivity index (χ0n) is 15.9. The Bertz CT molecular complexity index is 661. The largest absolute Gasteiger partial charge is 0.376 e. The van der Waals surface area contributed by atoms with Crippen molar-refractivity contribution >= 4 is 12.0 Å². The molecule has 3 rings (SSSR count). The van der Waals surface area contributed by atoms with Crippen LogP contribution in [0.15, 0.2) is 0 Å². The van der Waals surface area contributed by atoms with E-state index in [1.807, 2.05) is 30.8 Å². The number of hydrogen-bond donors (Lipinski definition) is 1. The van der Waals surface area contributed by atoms with Crippen molar-refractivity contribution < 1.29 is 9.53 Å². The molecule has 1 aromatic rings. The first kappa shape index (κ1) is 17.9. The van der Waals surface area contributed by atoms with Crippen LogP contribution < -0.4 is 10.2 Å². The second-order valence-electron chi connectivity index (χ2n) is 7.86. The molecular formula is C18H29N5O2. The fraction of sp³-hybridized carbons (Fsp3) is 0.722. The number of nitrogens with one attached hydrogen (secondary N) is 1. The predicted octanol–water partition coefficient (Wildman–Crippen LogP) is 1.69. The molecule has 1 fully saturated rings. The van der Waals surface area contributed by atoms with Crippen molar-refractivity contribution in [3.63, 3.8) is 0 Å². The van der Waals surface area contributed by atoms with E-state index in [-0.39, 0.29) is 11.4 Å². The van der Waals surface area contributed by atoms with Crippen molar-refractivity contribution in [1.29, 1.82) is 0 Å². The Morgan fingerprint density at radius 2 is 2.16 bits per heavy atom. The lowest BCUT2D eigenvalue weighted by Crippen LogP contribution is -2.45. The molecule has 1 atom stereocenters. The van der Waals surface area contributed by atoms with Gasteiger partial charge in [-0.2, -0.15) is 0 Å². The van der Waals surface area contributed by atoms with Crippen molar-refractivity contribution in [2.75, 3.05) is 45.2 Å². The minimum absolute atomic E-state index is 0.0105. The van der Waals surface area contributed by atoms with E-state index >= 15 is 0 Å². The molecule has 7 nitrogen and oxygen atoms in total. The van der Waals surface area contributed by atoms with Gasteiger partial charge in [-0.15, -0.1) is 0 Å². The number of urea groups is 1. The number of likely N-dealkylation sites (tertiary alicyclic amines) is 1. The number of amides is 2. The average molecular weight is 347 g/mol. The molecule has 0 bridgehead atoms. The number of rotatable bonds is 3. The molecule has 7 heteroatoms. The quantitative estimate of drug-likeness (QED) is 0.901. The number of aryl methyl sites for hydroxylation is 1. The molecule has 1 N–H and O–H groups in total. The fourth-order valence-corrected chi connectivity index (χ4v) is 3.57. The summed E-state index contributed by atoms with van der Waals surface area (Å²) in [6, 6.07) is 0.0105. The summed E-state index contributed by atoms with van der Waals surface area (Å²) in [7, 11) is 3.90. The van der Waals surface area contributed by atoms with Gasteiger partial charge in [0, 0.05) is 45.0 Å². The maximum Gasteiger partial charge on any atom is 0.317 e. The Balaban J connectivity index is 1.86. The number of fused-ring (bicyclic) bond motifs is 2. The molecule has 1 saturated heterocycles. The highest BCUT2D eigenvalue weighted by Crippen LogP contribution is 2.40. The number of ether oxygens (including phenoxy) is 1. The van der Waals surface area contributed by atoms with E-state index in [1.165, 1.54) is 0 Å². The summed E-state index contributed by atoms with van der Waals surface area (Å²) >= 11 is 0. The molecule has 2 amide bonds. The van der Waals surface area contributed by atoms with Crippen LogP contribution in [-0.2, 0) is 16.8 Å². The predicted molar refractivity (Wildman–Crippen MR) is 96.9 cm³/mol. The van der Waals surface area contributed by atoms with Crippen molar-refractivity contribution in [2.45, 2.75) is 39.2 Å². The van der Waals surface area contributed by atoms with Crippen LogP contribution in [0.1, 0.15) is 37.2 Å². The molecular weight excluding hydrogens is 318 g/mol. The van der Waals surface area contributed by atoms with Gasteiger partial charge in [0.15, 0.2) is 0 Å². The zero-order chi connectivity index (χ0) is 18.2. The van der Waals surface area contributed by atoms with Crippen LogP contribution in [0, 0.1) is 12.8 Å². The molecule has 2 aliphatic heterocycles. The summed E-state index contributed by atoms with van der Waals surface area (Å²) in [6.45, 7) is 9.44. The molecule has 1 aromatic heterocycles. The van der Waals surface area contributed by atoms with Gasteiger partial charge in [-0.3, -0.25) is 0 Å². The van der Waals surface area contributed by atoms with Crippen molar-refractivity contribution in [3.8, 4) is 0 Å². The Kier molecular flexibility index (Phi) is 4.86. The molecule has 0 saturated carbocycles. The zero-order valence-corrected chi connectivity index (χ0v) is 15.9. The van der Waals surface area contributed by atoms with Gasteiger partial charge >= 0.3 is 6.03 Å². The maximum absolute atomic E-state index is 12.5. The van der Waals surface area contributed by atoms with Crippen LogP contribution in [0.2, 0.25) is 0 Å². The van der Waals surface area contributed by atoms with Crippen LogP contribution >= 0.6 is 0 Å². The Labute approximate surface area is 149 Å². The highest BCUT2D eigenvalue weighted by atomic mass is 16.5. The standard InChI is InChI=1S/C18H29N5O2/c1-12(2)8-19-17(24)23-7-6-18(10-23)11-25-9-14-13(3)20-16(22(4)5)21-15(14)18/h12H,6-11H2,1-5H3,(H,19,24)/t18-/m1/s1. The second kappa shape index (κ2) is 6.78. The number of nitrogens with zero attached hydrogens (tertiary/aromatic N) is 4. The lowest BCUT2D eigenvalue weighted by atomic mass is 9.80. The Morgan fingerprint density at radius 1 is 1.40 bits per heavy atom. The smallest absolute Gasteiger partial charge is 0.317 e. The van der Waals surface area contributed by atoms with Gasteiger partial charge in [0.1, 0.15) is 0 Å². The number of carbonyl (C=O) groups excluding carboxylic acids is 1. The third kappa shape index (κ3) is 3.42. The van der Waals surface area contributed by atoms with Gasteiger partial charge in [0.25, 0.3) is 0 Å². The molecule has 25 heavy (non-hydrogen) atoms. The fourth-order valence-electron chi connectivity index (χ4n) is 3.57. The van der Waals surface area contributed by atoms with Crippen molar-refractivity contribution in [1.82, 2.24) is 20.2 Å². The van der Waals surface area contributed by atoms with E-state index in [2.05, 4.69) is 24.1 Å². The maximum atomic E-state index is 12.5. The average Bonchev–Trinajstić information content (AvgIpc) is 2.98. The number of aromatic nitrogens is 2. The summed E-state index contributed by atoms with van der Waals surface area (Å²) in [5.74, 6) is 1.16. The molecule has 1 spiro atoms. The third-order valence-corrected chi connectivity index (χ3v) is 5.03. The molecule has 0 radical (unpaired) electrons. The van der Waals surface area contributed by atoms with E-state index in [0.29, 0.717) is 32.2 Å². The Hall–Kier alpha value is -1.89. The van der Waals surface area contributed by atoms with Gasteiger partial charge in [0.2, 0.25) is 5.95 Å². The van der Waals surface area contributed by atoms with Gasteiger partial charge in [-0.25, -0.2) is 14.8 Å². The van der Waals surface area contributed by atoms with Crippen molar-refractivity contribution in [3.05, 3.63) is 17.0 Å². The molecule has 0 aliphatic carbocycles. The lowest BCUT2D eigenvalue weighted by molar-refractivity contribution is 0.0514. The molecule has 0 unspecified atom stereocenters. The minimum atomic E-state index is -0.221. The number of anilines is 1. The third-order valence-electron chi connectivity index (χ3n) is 5.03. The molecule has 2 aliphatic rings. The first-order chi connectivity index (χ1) is 11.8. The normalized spacial score (nSPS) is 22.4. The molecule has 0 aromatic carbocycles. The summed E-state index contributed by atoms with van der Waals surface area (Å²) in [5, 5.41) is 3.02. The molecule has 3 heterocycles. The number of carbonyl (C=O) groups is 1. The van der Waals surface area contributed by atoms with Crippen LogP contribution in [0.25, 0.3) is 0 Å². The topological polar surface area (TPSA) is 70.6 Å². The van der Waals surface area contributed by atoms with Gasteiger partial charge in [0.05, 0.1) is 24.3 Å². The summed E-state index contributed by atoms with van der Waals surface area (Å²) < 4.78 is 5.89. The van der Waals surface area contributed by atoms with E-state index in [9.17, 15) is 4.79 Å². The van der Waals surface area contributed by atoms with Gasteiger partial charge in [-0.05, 0) is 19.3 Å². The van der Waals surface area contributed by atoms with Crippen LogP contribution in [0.4, 0.5) is 10.7 Å². The van der Waals surface area contributed by atoms with Crippen LogP contribution in [0.3, 0.4) is 0 Å². The van der Waals surface area contributed by atoms with Crippen LogP contribution in [0.5, 0.6) is 0 Å². The highest BCUT2D eigenvalue weighted by molar-refractivity contribution is 5.74. The van der Waals surface area contributed by atoms with Crippen LogP contribution in [-0.4, -0.2) is 61.2 Å². The summed E-state index contributed by atoms with van der Waals surface area (Å²) in [4.78, 5) is 25.7. The van der Waals surface area contributed by atoms with E-state index in [4.69, 9.17) is 9.72 Å².